The average molecular weight is 578 g/mol. The van der Waals surface area contributed by atoms with Gasteiger partial charge in [-0.05, 0) is 32.4 Å². The van der Waals surface area contributed by atoms with Crippen LogP contribution in [0.2, 0.25) is 0 Å². The highest BCUT2D eigenvalue weighted by Gasteiger charge is 2.65. The minimum atomic E-state index is -4.78. The number of benzene rings is 2. The maximum atomic E-state index is 14.8. The first kappa shape index (κ1) is 30.3. The highest BCUT2D eigenvalue weighted by Crippen LogP contribution is 2.59. The molecule has 0 bridgehead atoms. The van der Waals surface area contributed by atoms with Crippen LogP contribution in [-0.2, 0) is 16.1 Å². The van der Waals surface area contributed by atoms with Crippen LogP contribution in [0.25, 0.3) is 5.76 Å². The Bertz CT molecular complexity index is 1410. The van der Waals surface area contributed by atoms with Crippen molar-refractivity contribution >= 4 is 5.76 Å². The molecule has 3 aromatic rings. The lowest BCUT2D eigenvalue weighted by Crippen LogP contribution is -2.46. The first-order valence-electron chi connectivity index (χ1n) is 13.1. The van der Waals surface area contributed by atoms with Gasteiger partial charge < -0.3 is 18.9 Å². The van der Waals surface area contributed by atoms with Gasteiger partial charge in [0, 0.05) is 23.5 Å². The van der Waals surface area contributed by atoms with Crippen LogP contribution in [0.1, 0.15) is 60.9 Å². The molecule has 10 heteroatoms. The largest absolute Gasteiger partial charge is 0.494 e. The Kier molecular flexibility index (Phi) is 8.63. The molecule has 0 radical (unpaired) electrons. The third kappa shape index (κ3) is 5.62. The quantitative estimate of drug-likeness (QED) is 0.190. The average Bonchev–Trinajstić information content (AvgIpc) is 3.20. The lowest BCUT2D eigenvalue weighted by molar-refractivity contribution is -0.275. The third-order valence-corrected chi connectivity index (χ3v) is 7.62. The lowest BCUT2D eigenvalue weighted by atomic mass is 9.76. The fourth-order valence-corrected chi connectivity index (χ4v) is 5.31. The van der Waals surface area contributed by atoms with E-state index in [-0.39, 0.29) is 29.4 Å². The summed E-state index contributed by atoms with van der Waals surface area (Å²) in [6.07, 6.45) is -6.10. The Balaban J connectivity index is 1.89. The van der Waals surface area contributed by atoms with Crippen molar-refractivity contribution in [2.45, 2.75) is 58.1 Å². The van der Waals surface area contributed by atoms with E-state index < -0.39 is 47.1 Å². The second kappa shape index (κ2) is 11.7. The molecular formula is C31H32F5NO4. The summed E-state index contributed by atoms with van der Waals surface area (Å²) in [6, 6.07) is 12.9. The molecule has 1 aliphatic rings. The number of aryl methyl sites for hydroxylation is 1. The number of nitrogens with zero attached hydrogens (tertiary/aromatic N) is 1. The Morgan fingerprint density at radius 2 is 1.80 bits per heavy atom. The monoisotopic (exact) mass is 577 g/mol. The van der Waals surface area contributed by atoms with Gasteiger partial charge in [-0.15, -0.1) is 0 Å². The van der Waals surface area contributed by atoms with E-state index in [1.807, 2.05) is 30.3 Å². The van der Waals surface area contributed by atoms with Crippen molar-refractivity contribution in [1.29, 1.82) is 0 Å². The number of hydrogen-bond donors (Lipinski definition) is 0. The van der Waals surface area contributed by atoms with Gasteiger partial charge in [-0.3, -0.25) is 4.98 Å². The first-order valence-corrected chi connectivity index (χ1v) is 13.1. The van der Waals surface area contributed by atoms with Crippen molar-refractivity contribution in [1.82, 2.24) is 4.98 Å². The van der Waals surface area contributed by atoms with Gasteiger partial charge in [0.1, 0.15) is 24.2 Å². The van der Waals surface area contributed by atoms with Crippen LogP contribution in [0.5, 0.6) is 11.5 Å². The Labute approximate surface area is 235 Å². The smallest absolute Gasteiger partial charge is 0.417 e. The van der Waals surface area contributed by atoms with E-state index >= 15 is 0 Å². The van der Waals surface area contributed by atoms with Crippen molar-refractivity contribution in [2.75, 3.05) is 13.7 Å². The summed E-state index contributed by atoms with van der Waals surface area (Å²) < 4.78 is 95.0. The van der Waals surface area contributed by atoms with Gasteiger partial charge in [-0.1, -0.05) is 49.9 Å². The van der Waals surface area contributed by atoms with Gasteiger partial charge in [-0.25, -0.2) is 4.39 Å². The van der Waals surface area contributed by atoms with Gasteiger partial charge in [0.05, 0.1) is 30.7 Å². The second-order valence-corrected chi connectivity index (χ2v) is 10.1. The summed E-state index contributed by atoms with van der Waals surface area (Å²) in [7, 11) is 1.13. The summed E-state index contributed by atoms with van der Waals surface area (Å²) in [4.78, 5) is 4.61. The van der Waals surface area contributed by atoms with E-state index in [1.54, 1.807) is 13.8 Å². The molecule has 1 aromatic heterocycles. The van der Waals surface area contributed by atoms with E-state index in [0.29, 0.717) is 17.9 Å². The van der Waals surface area contributed by atoms with E-state index in [1.165, 1.54) is 19.1 Å². The van der Waals surface area contributed by atoms with Crippen LogP contribution < -0.4 is 9.47 Å². The number of halogens is 5. The molecule has 0 N–H and O–H groups in total. The van der Waals surface area contributed by atoms with Crippen molar-refractivity contribution < 1.29 is 40.9 Å². The fraction of sp³-hybridized carbons (Fsp3) is 0.387. The molecule has 1 saturated heterocycles. The Hall–Kier alpha value is -3.66. The van der Waals surface area contributed by atoms with E-state index in [0.717, 1.165) is 25.7 Å². The number of rotatable bonds is 9. The molecule has 2 aromatic carbocycles. The molecule has 41 heavy (non-hydrogen) atoms. The molecule has 0 amide bonds. The van der Waals surface area contributed by atoms with Crippen LogP contribution in [0.3, 0.4) is 0 Å². The Morgan fingerprint density at radius 1 is 1.12 bits per heavy atom. The Morgan fingerprint density at radius 3 is 2.41 bits per heavy atom. The molecule has 0 aliphatic carbocycles. The number of methoxy groups -OCH3 is 1. The summed E-state index contributed by atoms with van der Waals surface area (Å²) in [5, 5.41) is 0. The first-order chi connectivity index (χ1) is 19.3. The maximum absolute atomic E-state index is 14.8. The SMILES string of the molecule is C=C(OCC)c1c(OCc2ccccc2)cc([C@@H]2O[C@@](C)(C(F)(F)F)[C@@H](C)[C@H]2c2ccc(F)c(F)c2OC)nc1C. The lowest BCUT2D eigenvalue weighted by Gasteiger charge is -2.32. The van der Waals surface area contributed by atoms with E-state index in [9.17, 15) is 22.0 Å². The standard InChI is InChI=1S/C31H32F5NO4/c1-7-39-19(4)26-18(3)37-23(15-24(26)40-16-20-11-9-8-10-12-20)29-25(17(2)30(5,41-29)31(34,35)36)21-13-14-22(32)27(33)28(21)38-6/h8-15,17,25,29H,4,7,16H2,1-3,5-6H3/t17-,25-,29-,30+/m0/s1. The van der Waals surface area contributed by atoms with Crippen molar-refractivity contribution in [3.8, 4) is 11.5 Å². The van der Waals surface area contributed by atoms with E-state index in [4.69, 9.17) is 18.9 Å². The molecule has 0 saturated carbocycles. The number of hydrogen-bond acceptors (Lipinski definition) is 5. The number of alkyl halides is 3. The number of aromatic nitrogens is 1. The predicted molar refractivity (Wildman–Crippen MR) is 144 cm³/mol. The third-order valence-electron chi connectivity index (χ3n) is 7.62. The highest BCUT2D eigenvalue weighted by atomic mass is 19.4. The zero-order valence-corrected chi connectivity index (χ0v) is 23.4. The van der Waals surface area contributed by atoms with Crippen molar-refractivity contribution in [2.24, 2.45) is 5.92 Å². The summed E-state index contributed by atoms with van der Waals surface area (Å²) in [6.45, 7) is 10.2. The minimum Gasteiger partial charge on any atom is -0.494 e. The molecule has 0 spiro atoms. The summed E-state index contributed by atoms with van der Waals surface area (Å²) in [5.41, 5.74) is -0.778. The van der Waals surface area contributed by atoms with Gasteiger partial charge in [0.25, 0.3) is 0 Å². The van der Waals surface area contributed by atoms with Gasteiger partial charge >= 0.3 is 6.18 Å². The molecule has 2 heterocycles. The van der Waals surface area contributed by atoms with Gasteiger partial charge in [-0.2, -0.15) is 17.6 Å². The highest BCUT2D eigenvalue weighted by molar-refractivity contribution is 5.66. The molecule has 1 fully saturated rings. The zero-order valence-electron chi connectivity index (χ0n) is 23.4. The summed E-state index contributed by atoms with van der Waals surface area (Å²) >= 11 is 0. The van der Waals surface area contributed by atoms with Crippen LogP contribution in [0.15, 0.2) is 55.1 Å². The van der Waals surface area contributed by atoms with Crippen LogP contribution in [0.4, 0.5) is 22.0 Å². The van der Waals surface area contributed by atoms with Gasteiger partial charge in [0.2, 0.25) is 5.82 Å². The molecule has 4 rings (SSSR count). The maximum Gasteiger partial charge on any atom is 0.417 e. The minimum absolute atomic E-state index is 0.0332. The molecule has 0 unspecified atom stereocenters. The number of ether oxygens (including phenoxy) is 4. The number of pyridine rings is 1. The molecule has 1 aliphatic heterocycles. The molecule has 4 atom stereocenters. The topological polar surface area (TPSA) is 49.8 Å². The normalized spacial score (nSPS) is 22.4. The van der Waals surface area contributed by atoms with Crippen molar-refractivity contribution in [3.05, 3.63) is 94.8 Å². The van der Waals surface area contributed by atoms with Gasteiger partial charge in [0.15, 0.2) is 17.2 Å². The van der Waals surface area contributed by atoms with Crippen LogP contribution in [0, 0.1) is 24.5 Å². The second-order valence-electron chi connectivity index (χ2n) is 10.1. The zero-order chi connectivity index (χ0) is 30.1. The molecular weight excluding hydrogens is 545 g/mol. The van der Waals surface area contributed by atoms with Crippen molar-refractivity contribution in [3.63, 3.8) is 0 Å². The predicted octanol–water partition coefficient (Wildman–Crippen LogP) is 8.08. The molecule has 5 nitrogen and oxygen atoms in total. The van der Waals surface area contributed by atoms with E-state index in [2.05, 4.69) is 11.6 Å². The van der Waals surface area contributed by atoms with Crippen LogP contribution in [-0.4, -0.2) is 30.5 Å². The van der Waals surface area contributed by atoms with Crippen LogP contribution >= 0.6 is 0 Å². The fourth-order valence-electron chi connectivity index (χ4n) is 5.31. The molecule has 220 valence electrons. The summed E-state index contributed by atoms with van der Waals surface area (Å²) in [5.74, 6) is -4.75.